The molecule has 1 heterocycles. The largest absolute Gasteiger partial charge is 0.208 e. The normalized spacial score (nSPS) is 11.5. The zero-order valence-corrected chi connectivity index (χ0v) is 24.9. The van der Waals surface area contributed by atoms with Crippen molar-refractivity contribution in [3.8, 4) is 45.3 Å². The molecule has 0 atom stereocenters. The fraction of sp³-hybridized carbons (Fsp3) is 0. The monoisotopic (exact) mass is 585 g/mol. The van der Waals surface area contributed by atoms with Gasteiger partial charge in [0.15, 0.2) is 17.5 Å². The Balaban J connectivity index is 1.18. The van der Waals surface area contributed by atoms with Crippen LogP contribution in [0.25, 0.3) is 88.4 Å². The highest BCUT2D eigenvalue weighted by molar-refractivity contribution is 5.96. The van der Waals surface area contributed by atoms with Crippen LogP contribution in [-0.2, 0) is 0 Å². The van der Waals surface area contributed by atoms with Crippen molar-refractivity contribution < 1.29 is 0 Å². The summed E-state index contributed by atoms with van der Waals surface area (Å²) < 4.78 is 0. The summed E-state index contributed by atoms with van der Waals surface area (Å²) in [4.78, 5) is 15.2. The first-order valence-electron chi connectivity index (χ1n) is 15.5. The lowest BCUT2D eigenvalue weighted by molar-refractivity contribution is 1.08. The quantitative estimate of drug-likeness (QED) is 0.206. The van der Waals surface area contributed by atoms with Gasteiger partial charge in [-0.05, 0) is 78.5 Å². The topological polar surface area (TPSA) is 38.7 Å². The molecule has 0 unspecified atom stereocenters. The number of fused-ring (bicyclic) bond motifs is 4. The molecule has 0 spiro atoms. The first kappa shape index (κ1) is 26.2. The fourth-order valence-corrected chi connectivity index (χ4v) is 6.44. The Bertz CT molecular complexity index is 2600. The highest BCUT2D eigenvalue weighted by atomic mass is 15.0. The van der Waals surface area contributed by atoms with Crippen LogP contribution < -0.4 is 0 Å². The lowest BCUT2D eigenvalue weighted by Crippen LogP contribution is -2.00. The van der Waals surface area contributed by atoms with E-state index in [0.29, 0.717) is 17.5 Å². The van der Waals surface area contributed by atoms with Gasteiger partial charge >= 0.3 is 0 Å². The van der Waals surface area contributed by atoms with Crippen LogP contribution in [0.2, 0.25) is 0 Å². The van der Waals surface area contributed by atoms with Gasteiger partial charge in [-0.3, -0.25) is 0 Å². The van der Waals surface area contributed by atoms with Crippen molar-refractivity contribution in [2.45, 2.75) is 0 Å². The van der Waals surface area contributed by atoms with E-state index in [1.807, 2.05) is 0 Å². The average Bonchev–Trinajstić information content (AvgIpc) is 3.13. The first-order chi connectivity index (χ1) is 22.7. The number of rotatable bonds is 4. The minimum Gasteiger partial charge on any atom is -0.208 e. The van der Waals surface area contributed by atoms with Crippen LogP contribution in [0.1, 0.15) is 0 Å². The molecule has 8 aromatic carbocycles. The Hall–Kier alpha value is -6.19. The lowest BCUT2D eigenvalue weighted by Gasteiger charge is -2.11. The zero-order chi connectivity index (χ0) is 30.5. The summed E-state index contributed by atoms with van der Waals surface area (Å²) >= 11 is 0. The standard InChI is InChI=1S/C43H27N3/c1-3-11-31-24-33(18-16-28(31)8-1)34-19-20-36-27-38(23-21-35(36)25-34)42-44-41(37-22-17-29-9-2-4-12-32(29)26-37)45-43(46-42)40-15-7-13-30-10-5-6-14-39(30)40/h1-27H. The summed E-state index contributed by atoms with van der Waals surface area (Å²) in [7, 11) is 0. The Morgan fingerprint density at radius 3 is 1.24 bits per heavy atom. The molecule has 0 N–H and O–H groups in total. The molecule has 0 aliphatic rings. The Morgan fingerprint density at radius 1 is 0.261 bits per heavy atom. The highest BCUT2D eigenvalue weighted by Gasteiger charge is 2.15. The van der Waals surface area contributed by atoms with Crippen molar-refractivity contribution in [1.82, 2.24) is 15.0 Å². The van der Waals surface area contributed by atoms with Crippen molar-refractivity contribution in [3.63, 3.8) is 0 Å². The molecular formula is C43H27N3. The molecule has 46 heavy (non-hydrogen) atoms. The predicted octanol–water partition coefficient (Wildman–Crippen LogP) is 11.2. The lowest BCUT2D eigenvalue weighted by atomic mass is 9.98. The molecule has 214 valence electrons. The molecule has 9 aromatic rings. The molecule has 3 nitrogen and oxygen atoms in total. The maximum atomic E-state index is 5.09. The molecule has 0 fully saturated rings. The van der Waals surface area contributed by atoms with Crippen molar-refractivity contribution in [2.75, 3.05) is 0 Å². The van der Waals surface area contributed by atoms with Gasteiger partial charge in [0.1, 0.15) is 0 Å². The van der Waals surface area contributed by atoms with Crippen LogP contribution in [0.3, 0.4) is 0 Å². The van der Waals surface area contributed by atoms with E-state index in [0.717, 1.165) is 38.2 Å². The van der Waals surface area contributed by atoms with Gasteiger partial charge in [0.05, 0.1) is 0 Å². The number of aromatic nitrogens is 3. The summed E-state index contributed by atoms with van der Waals surface area (Å²) in [5, 5.41) is 9.42. The van der Waals surface area contributed by atoms with E-state index in [-0.39, 0.29) is 0 Å². The van der Waals surface area contributed by atoms with Gasteiger partial charge < -0.3 is 0 Å². The van der Waals surface area contributed by atoms with Crippen molar-refractivity contribution in [2.24, 2.45) is 0 Å². The minimum absolute atomic E-state index is 0.654. The summed E-state index contributed by atoms with van der Waals surface area (Å²) in [5.74, 6) is 1.98. The van der Waals surface area contributed by atoms with Crippen LogP contribution in [0.15, 0.2) is 164 Å². The second kappa shape index (κ2) is 10.8. The van der Waals surface area contributed by atoms with Gasteiger partial charge in [-0.2, -0.15) is 0 Å². The van der Waals surface area contributed by atoms with Gasteiger partial charge in [-0.1, -0.05) is 140 Å². The first-order valence-corrected chi connectivity index (χ1v) is 15.5. The summed E-state index contributed by atoms with van der Waals surface area (Å²) in [5.41, 5.74) is 5.32. The van der Waals surface area contributed by atoms with Crippen LogP contribution in [-0.4, -0.2) is 15.0 Å². The molecule has 0 bridgehead atoms. The highest BCUT2D eigenvalue weighted by Crippen LogP contribution is 2.33. The van der Waals surface area contributed by atoms with Crippen LogP contribution in [0.5, 0.6) is 0 Å². The number of hydrogen-bond acceptors (Lipinski definition) is 3. The van der Waals surface area contributed by atoms with E-state index in [2.05, 4.69) is 164 Å². The van der Waals surface area contributed by atoms with Crippen LogP contribution in [0, 0.1) is 0 Å². The predicted molar refractivity (Wildman–Crippen MR) is 192 cm³/mol. The van der Waals surface area contributed by atoms with E-state index in [4.69, 9.17) is 15.0 Å². The maximum Gasteiger partial charge on any atom is 0.164 e. The molecule has 1 aromatic heterocycles. The van der Waals surface area contributed by atoms with E-state index in [1.54, 1.807) is 0 Å². The number of nitrogens with zero attached hydrogens (tertiary/aromatic N) is 3. The van der Waals surface area contributed by atoms with Gasteiger partial charge in [0.2, 0.25) is 0 Å². The third-order valence-electron chi connectivity index (χ3n) is 8.85. The third kappa shape index (κ3) is 4.66. The summed E-state index contributed by atoms with van der Waals surface area (Å²) in [6.45, 7) is 0. The number of hydrogen-bond donors (Lipinski definition) is 0. The van der Waals surface area contributed by atoms with Crippen molar-refractivity contribution in [1.29, 1.82) is 0 Å². The molecule has 0 amide bonds. The Kier molecular flexibility index (Phi) is 6.14. The maximum absolute atomic E-state index is 5.09. The molecule has 0 radical (unpaired) electrons. The van der Waals surface area contributed by atoms with E-state index >= 15 is 0 Å². The molecule has 0 aliphatic carbocycles. The third-order valence-corrected chi connectivity index (χ3v) is 8.85. The minimum atomic E-state index is 0.654. The molecule has 0 aliphatic heterocycles. The van der Waals surface area contributed by atoms with Gasteiger partial charge in [-0.15, -0.1) is 0 Å². The van der Waals surface area contributed by atoms with Crippen LogP contribution >= 0.6 is 0 Å². The van der Waals surface area contributed by atoms with Gasteiger partial charge in [0, 0.05) is 16.7 Å². The number of benzene rings is 8. The zero-order valence-electron chi connectivity index (χ0n) is 24.9. The molecule has 3 heteroatoms. The van der Waals surface area contributed by atoms with E-state index < -0.39 is 0 Å². The van der Waals surface area contributed by atoms with Gasteiger partial charge in [-0.25, -0.2) is 15.0 Å². The molecule has 0 saturated heterocycles. The second-order valence-electron chi connectivity index (χ2n) is 11.7. The molecule has 9 rings (SSSR count). The van der Waals surface area contributed by atoms with Crippen LogP contribution in [0.4, 0.5) is 0 Å². The van der Waals surface area contributed by atoms with E-state index in [9.17, 15) is 0 Å². The Morgan fingerprint density at radius 2 is 0.652 bits per heavy atom. The SMILES string of the molecule is c1ccc2cc(-c3ccc4cc(-c5nc(-c6ccc7ccccc7c6)nc(-c6cccc7ccccc67)n5)ccc4c3)ccc2c1. The smallest absolute Gasteiger partial charge is 0.164 e. The summed E-state index contributed by atoms with van der Waals surface area (Å²) in [6.07, 6.45) is 0. The van der Waals surface area contributed by atoms with Gasteiger partial charge in [0.25, 0.3) is 0 Å². The van der Waals surface area contributed by atoms with E-state index in [1.165, 1.54) is 32.7 Å². The molecular weight excluding hydrogens is 558 g/mol. The Labute approximate surface area is 266 Å². The van der Waals surface area contributed by atoms with Crippen molar-refractivity contribution in [3.05, 3.63) is 164 Å². The molecule has 0 saturated carbocycles. The summed E-state index contributed by atoms with van der Waals surface area (Å²) in [6, 6.07) is 57.7. The second-order valence-corrected chi connectivity index (χ2v) is 11.7. The fourth-order valence-electron chi connectivity index (χ4n) is 6.44. The average molecular weight is 586 g/mol. The van der Waals surface area contributed by atoms with Crippen molar-refractivity contribution >= 4 is 43.1 Å².